The maximum Gasteiger partial charge on any atom is 0.135 e. The molecule has 0 saturated heterocycles. The van der Waals surface area contributed by atoms with Crippen molar-refractivity contribution in [2.24, 2.45) is 0 Å². The molecule has 296 valence electrons. The van der Waals surface area contributed by atoms with Crippen LogP contribution in [0.1, 0.15) is 22.3 Å². The highest BCUT2D eigenvalue weighted by molar-refractivity contribution is 6.07. The minimum atomic E-state index is -0.504. The largest absolute Gasteiger partial charge is 0.456 e. The van der Waals surface area contributed by atoms with Gasteiger partial charge in [0.1, 0.15) is 11.2 Å². The summed E-state index contributed by atoms with van der Waals surface area (Å²) in [6, 6.07) is 90.1. The maximum absolute atomic E-state index is 6.86. The van der Waals surface area contributed by atoms with Crippen LogP contribution < -0.4 is 4.90 Å². The van der Waals surface area contributed by atoms with Crippen LogP contribution in [-0.4, -0.2) is 0 Å². The van der Waals surface area contributed by atoms with E-state index in [1.54, 1.807) is 0 Å². The van der Waals surface area contributed by atoms with Gasteiger partial charge in [0, 0.05) is 27.8 Å². The van der Waals surface area contributed by atoms with Gasteiger partial charge >= 0.3 is 0 Å². The van der Waals surface area contributed by atoms with Gasteiger partial charge in [0.15, 0.2) is 0 Å². The molecule has 0 spiro atoms. The van der Waals surface area contributed by atoms with Gasteiger partial charge in [-0.25, -0.2) is 0 Å². The topological polar surface area (TPSA) is 16.4 Å². The Bertz CT molecular complexity index is 3320. The Balaban J connectivity index is 1.05. The third-order valence-corrected chi connectivity index (χ3v) is 12.9. The fourth-order valence-corrected chi connectivity index (χ4v) is 10.1. The predicted molar refractivity (Wildman–Crippen MR) is 262 cm³/mol. The molecule has 1 aliphatic carbocycles. The van der Waals surface area contributed by atoms with Gasteiger partial charge in [0.05, 0.1) is 5.41 Å². The maximum atomic E-state index is 6.86. The molecule has 1 aromatic heterocycles. The second-order valence-electron chi connectivity index (χ2n) is 16.4. The van der Waals surface area contributed by atoms with Crippen molar-refractivity contribution in [1.82, 2.24) is 0 Å². The van der Waals surface area contributed by atoms with Gasteiger partial charge in [0.2, 0.25) is 0 Å². The molecule has 2 nitrogen and oxygen atoms in total. The summed E-state index contributed by atoms with van der Waals surface area (Å²) in [6.45, 7) is 0. The summed E-state index contributed by atoms with van der Waals surface area (Å²) in [5, 5.41) is 2.16. The van der Waals surface area contributed by atoms with E-state index >= 15 is 0 Å². The lowest BCUT2D eigenvalue weighted by Crippen LogP contribution is -2.28. The van der Waals surface area contributed by atoms with E-state index in [1.807, 2.05) is 0 Å². The number of hydrogen-bond acceptors (Lipinski definition) is 2. The average Bonchev–Trinajstić information content (AvgIpc) is 3.88. The lowest BCUT2D eigenvalue weighted by Gasteiger charge is -2.33. The molecule has 63 heavy (non-hydrogen) atoms. The number of hydrogen-bond donors (Lipinski definition) is 0. The van der Waals surface area contributed by atoms with Crippen LogP contribution in [-0.2, 0) is 5.41 Å². The fraction of sp³-hybridized carbons (Fsp3) is 0.0164. The summed E-state index contributed by atoms with van der Waals surface area (Å²) in [4.78, 5) is 2.39. The molecular formula is C61H41NO. The first-order valence-electron chi connectivity index (χ1n) is 21.7. The minimum absolute atomic E-state index is 0.504. The zero-order chi connectivity index (χ0) is 41.7. The highest BCUT2D eigenvalue weighted by Crippen LogP contribution is 2.56. The number of fused-ring (bicyclic) bond motifs is 6. The molecule has 2 heteroatoms. The average molecular weight is 804 g/mol. The summed E-state index contributed by atoms with van der Waals surface area (Å²) in [7, 11) is 0. The summed E-state index contributed by atoms with van der Waals surface area (Å²) in [5.41, 5.74) is 19.0. The van der Waals surface area contributed by atoms with Crippen molar-refractivity contribution in [1.29, 1.82) is 0 Å². The van der Waals surface area contributed by atoms with Crippen molar-refractivity contribution in [3.8, 4) is 44.5 Å². The predicted octanol–water partition coefficient (Wildman–Crippen LogP) is 16.4. The van der Waals surface area contributed by atoms with E-state index in [4.69, 9.17) is 4.42 Å². The van der Waals surface area contributed by atoms with Crippen molar-refractivity contribution in [2.75, 3.05) is 4.90 Å². The van der Waals surface area contributed by atoms with E-state index in [0.29, 0.717) is 0 Å². The Kier molecular flexibility index (Phi) is 8.76. The lowest BCUT2D eigenvalue weighted by molar-refractivity contribution is 0.665. The van der Waals surface area contributed by atoms with Crippen LogP contribution in [0.3, 0.4) is 0 Å². The molecule has 0 aliphatic heterocycles. The first-order valence-corrected chi connectivity index (χ1v) is 21.7. The number of furan rings is 1. The molecule has 0 atom stereocenters. The summed E-state index contributed by atoms with van der Waals surface area (Å²) < 4.78 is 6.86. The van der Waals surface area contributed by atoms with E-state index in [1.165, 1.54) is 55.6 Å². The highest BCUT2D eigenvalue weighted by atomic mass is 16.3. The monoisotopic (exact) mass is 803 g/mol. The molecule has 1 heterocycles. The smallest absolute Gasteiger partial charge is 0.135 e. The van der Waals surface area contributed by atoms with Gasteiger partial charge in [-0.1, -0.05) is 194 Å². The molecule has 10 aromatic carbocycles. The van der Waals surface area contributed by atoms with Crippen molar-refractivity contribution < 1.29 is 4.42 Å². The Hall–Kier alpha value is -8.20. The standard InChI is InChI=1S/C61H41NO/c1-5-17-42(18-6-1)45-29-32-50(33-30-45)62(52-38-46(43-19-7-2-8-20-43)37-47(39-52)44-21-9-3-10-22-44)51-34-36-59-56(41-51)55-35-31-49(40-60(55)63-59)61(48-23-11-4-12-24-48)57-27-15-13-25-53(57)54-26-14-16-28-58(54)61/h1-41H. The van der Waals surface area contributed by atoms with Crippen LogP contribution in [0.15, 0.2) is 253 Å². The molecule has 12 rings (SSSR count). The second-order valence-corrected chi connectivity index (χ2v) is 16.4. The lowest BCUT2D eigenvalue weighted by atomic mass is 9.67. The molecule has 0 unspecified atom stereocenters. The summed E-state index contributed by atoms with van der Waals surface area (Å²) >= 11 is 0. The number of rotatable bonds is 8. The number of nitrogens with zero attached hydrogens (tertiary/aromatic N) is 1. The Labute approximate surface area is 367 Å². The Morgan fingerprint density at radius 2 is 0.778 bits per heavy atom. The summed E-state index contributed by atoms with van der Waals surface area (Å²) in [5.74, 6) is 0. The quantitative estimate of drug-likeness (QED) is 0.152. The SMILES string of the molecule is c1ccc(-c2ccc(N(c3cc(-c4ccccc4)cc(-c4ccccc4)c3)c3ccc4oc5cc(C6(c7ccccc7)c7ccccc7-c7ccccc76)ccc5c4c3)cc2)cc1. The van der Waals surface area contributed by atoms with Crippen molar-refractivity contribution in [2.45, 2.75) is 5.41 Å². The highest BCUT2D eigenvalue weighted by Gasteiger charge is 2.46. The van der Waals surface area contributed by atoms with Gasteiger partial charge in [-0.05, 0) is 121 Å². The van der Waals surface area contributed by atoms with Crippen LogP contribution in [0.2, 0.25) is 0 Å². The molecule has 0 radical (unpaired) electrons. The fourth-order valence-electron chi connectivity index (χ4n) is 10.1. The minimum Gasteiger partial charge on any atom is -0.456 e. The van der Waals surface area contributed by atoms with Crippen LogP contribution in [0.25, 0.3) is 66.4 Å². The molecule has 11 aromatic rings. The number of benzene rings is 10. The third kappa shape index (κ3) is 6.10. The van der Waals surface area contributed by atoms with Crippen LogP contribution in [0.5, 0.6) is 0 Å². The van der Waals surface area contributed by atoms with E-state index in [9.17, 15) is 0 Å². The van der Waals surface area contributed by atoms with E-state index < -0.39 is 5.41 Å². The molecule has 1 aliphatic rings. The molecule has 0 saturated carbocycles. The molecule has 0 bridgehead atoms. The molecule has 0 N–H and O–H groups in total. The van der Waals surface area contributed by atoms with E-state index in [0.717, 1.165) is 50.1 Å². The van der Waals surface area contributed by atoms with Gasteiger partial charge in [-0.3, -0.25) is 0 Å². The molecule has 0 amide bonds. The Morgan fingerprint density at radius 1 is 0.286 bits per heavy atom. The zero-order valence-electron chi connectivity index (χ0n) is 34.5. The number of anilines is 3. The van der Waals surface area contributed by atoms with Gasteiger partial charge in [-0.15, -0.1) is 0 Å². The van der Waals surface area contributed by atoms with Gasteiger partial charge < -0.3 is 9.32 Å². The van der Waals surface area contributed by atoms with Crippen LogP contribution in [0, 0.1) is 0 Å². The third-order valence-electron chi connectivity index (χ3n) is 12.9. The zero-order valence-corrected chi connectivity index (χ0v) is 34.5. The Morgan fingerprint density at radius 3 is 1.37 bits per heavy atom. The first kappa shape index (κ1) is 36.6. The van der Waals surface area contributed by atoms with E-state index in [-0.39, 0.29) is 0 Å². The van der Waals surface area contributed by atoms with Crippen LogP contribution in [0.4, 0.5) is 17.1 Å². The van der Waals surface area contributed by atoms with Crippen molar-refractivity contribution in [3.05, 3.63) is 271 Å². The first-order chi connectivity index (χ1) is 31.2. The van der Waals surface area contributed by atoms with Gasteiger partial charge in [-0.2, -0.15) is 0 Å². The normalized spacial score (nSPS) is 12.6. The van der Waals surface area contributed by atoms with E-state index in [2.05, 4.69) is 254 Å². The van der Waals surface area contributed by atoms with Crippen molar-refractivity contribution >= 4 is 39.0 Å². The second kappa shape index (κ2) is 15.1. The van der Waals surface area contributed by atoms with Crippen molar-refractivity contribution in [3.63, 3.8) is 0 Å². The molecule has 0 fully saturated rings. The van der Waals surface area contributed by atoms with Crippen LogP contribution >= 0.6 is 0 Å². The molecular weight excluding hydrogens is 763 g/mol. The van der Waals surface area contributed by atoms with Gasteiger partial charge in [0.25, 0.3) is 0 Å². The summed E-state index contributed by atoms with van der Waals surface area (Å²) in [6.07, 6.45) is 0.